The van der Waals surface area contributed by atoms with Gasteiger partial charge in [0.2, 0.25) is 0 Å². The van der Waals surface area contributed by atoms with Crippen LogP contribution in [0.4, 0.5) is 0 Å². The van der Waals surface area contributed by atoms with Crippen molar-refractivity contribution in [2.24, 2.45) is 0 Å². The number of unbranched alkanes of at least 4 members (excludes halogenated alkanes) is 3. The molecule has 0 aliphatic carbocycles. The van der Waals surface area contributed by atoms with Gasteiger partial charge >= 0.3 is 111 Å². The Bertz CT molecular complexity index is 179. The van der Waals surface area contributed by atoms with E-state index in [-0.39, 0.29) is 0 Å². The van der Waals surface area contributed by atoms with Crippen LogP contribution in [0.5, 0.6) is 0 Å². The van der Waals surface area contributed by atoms with Crippen LogP contribution in [-0.2, 0) is 4.74 Å². The topological polar surface area (TPSA) is 9.23 Å². The maximum absolute atomic E-state index is 5.60. The molecule has 0 aliphatic rings. The third-order valence-electron chi connectivity index (χ3n) is 3.86. The van der Waals surface area contributed by atoms with Gasteiger partial charge in [-0.15, -0.1) is 0 Å². The molecule has 0 atom stereocenters. The summed E-state index contributed by atoms with van der Waals surface area (Å²) >= 11 is -1.95. The van der Waals surface area contributed by atoms with Crippen molar-refractivity contribution in [2.45, 2.75) is 75.1 Å². The van der Waals surface area contributed by atoms with Crippen molar-refractivity contribution in [1.82, 2.24) is 0 Å². The molecule has 0 amide bonds. The molecule has 2 heteroatoms. The third-order valence-corrected chi connectivity index (χ3v) is 15.0. The fraction of sp³-hybridized carbons (Fsp3) is 0.867. The minimum absolute atomic E-state index is 1.21. The van der Waals surface area contributed by atoms with Gasteiger partial charge in [0.15, 0.2) is 0 Å². The molecule has 0 unspecified atom stereocenters. The second kappa shape index (κ2) is 10.0. The van der Waals surface area contributed by atoms with Crippen molar-refractivity contribution in [1.29, 1.82) is 0 Å². The Kier molecular flexibility index (Phi) is 10.1. The Morgan fingerprint density at radius 3 is 1.47 bits per heavy atom. The molecule has 0 spiro atoms. The fourth-order valence-corrected chi connectivity index (χ4v) is 13.3. The molecule has 102 valence electrons. The van der Waals surface area contributed by atoms with E-state index in [0.717, 1.165) is 0 Å². The summed E-state index contributed by atoms with van der Waals surface area (Å²) < 4.78 is 6.80. The van der Waals surface area contributed by atoms with Crippen molar-refractivity contribution in [3.05, 3.63) is 11.2 Å². The van der Waals surface area contributed by atoms with Crippen molar-refractivity contribution in [3.8, 4) is 0 Å². The molecular formula is C15H32GeO. The van der Waals surface area contributed by atoms with Crippen LogP contribution < -0.4 is 0 Å². The van der Waals surface area contributed by atoms with E-state index in [4.69, 9.17) is 4.74 Å². The van der Waals surface area contributed by atoms with Crippen LogP contribution in [0.3, 0.4) is 0 Å². The summed E-state index contributed by atoms with van der Waals surface area (Å²) in [5.74, 6) is 0. The second-order valence-electron chi connectivity index (χ2n) is 5.22. The Hall–Kier alpha value is 0.0829. The van der Waals surface area contributed by atoms with Gasteiger partial charge in [-0.05, 0) is 0 Å². The van der Waals surface area contributed by atoms with Gasteiger partial charge in [-0.1, -0.05) is 0 Å². The van der Waals surface area contributed by atoms with Crippen LogP contribution in [0.15, 0.2) is 11.2 Å². The summed E-state index contributed by atoms with van der Waals surface area (Å²) in [6, 6.07) is 0. The first-order valence-corrected chi connectivity index (χ1v) is 12.9. The van der Waals surface area contributed by atoms with Crippen LogP contribution in [-0.4, -0.2) is 20.4 Å². The van der Waals surface area contributed by atoms with E-state index in [0.29, 0.717) is 0 Å². The first kappa shape index (κ1) is 17.1. The zero-order chi connectivity index (χ0) is 13.1. The van der Waals surface area contributed by atoms with Crippen molar-refractivity contribution in [3.63, 3.8) is 0 Å². The van der Waals surface area contributed by atoms with Crippen molar-refractivity contribution < 1.29 is 4.74 Å². The van der Waals surface area contributed by atoms with Crippen LogP contribution in [0.1, 0.15) is 59.3 Å². The predicted molar refractivity (Wildman–Crippen MR) is 81.0 cm³/mol. The van der Waals surface area contributed by atoms with Gasteiger partial charge in [-0.2, -0.15) is 0 Å². The van der Waals surface area contributed by atoms with E-state index in [1.807, 2.05) is 7.11 Å². The number of ether oxygens (including phenoxy) is 1. The molecule has 0 aromatic carbocycles. The fourth-order valence-electron chi connectivity index (χ4n) is 2.56. The standard InChI is InChI=1S/C15H32GeO/c1-6-9-12-16(13-10-7-2,14-11-8-3)15(4)17-5/h4,6-14H2,1-3,5H3. The average Bonchev–Trinajstić information content (AvgIpc) is 2.37. The maximum atomic E-state index is 5.60. The molecule has 0 fully saturated rings. The zero-order valence-corrected chi connectivity index (χ0v) is 14.6. The van der Waals surface area contributed by atoms with Gasteiger partial charge in [-0.3, -0.25) is 0 Å². The summed E-state index contributed by atoms with van der Waals surface area (Å²) in [6.07, 6.45) is 8.04. The summed E-state index contributed by atoms with van der Waals surface area (Å²) in [4.78, 5) is 0. The molecule has 0 saturated heterocycles. The first-order chi connectivity index (χ1) is 8.16. The molecule has 0 radical (unpaired) electrons. The number of methoxy groups -OCH3 is 1. The second-order valence-corrected chi connectivity index (χ2v) is 14.9. The molecule has 0 bridgehead atoms. The molecule has 0 aliphatic heterocycles. The summed E-state index contributed by atoms with van der Waals surface area (Å²) in [5, 5.41) is 4.30. The van der Waals surface area contributed by atoms with Crippen LogP contribution in [0.25, 0.3) is 0 Å². The average molecular weight is 301 g/mol. The van der Waals surface area contributed by atoms with E-state index in [9.17, 15) is 0 Å². The van der Waals surface area contributed by atoms with Gasteiger partial charge in [0.05, 0.1) is 0 Å². The molecule has 0 rings (SSSR count). The number of rotatable bonds is 11. The third kappa shape index (κ3) is 5.99. The van der Waals surface area contributed by atoms with Gasteiger partial charge < -0.3 is 0 Å². The quantitative estimate of drug-likeness (QED) is 0.360. The van der Waals surface area contributed by atoms with E-state index < -0.39 is 13.3 Å². The number of hydrogen-bond acceptors (Lipinski definition) is 1. The van der Waals surface area contributed by atoms with Crippen LogP contribution >= 0.6 is 0 Å². The predicted octanol–water partition coefficient (Wildman–Crippen LogP) is 5.53. The molecule has 0 heterocycles. The SMILES string of the molecule is C=[C](OC)[Ge]([CH2]CCC)([CH2]CCC)[CH2]CCC. The Labute approximate surface area is 111 Å². The van der Waals surface area contributed by atoms with E-state index >= 15 is 0 Å². The zero-order valence-electron chi connectivity index (χ0n) is 12.5. The molecule has 17 heavy (non-hydrogen) atoms. The monoisotopic (exact) mass is 302 g/mol. The molecule has 0 saturated carbocycles. The molecular weight excluding hydrogens is 269 g/mol. The Morgan fingerprint density at radius 1 is 0.882 bits per heavy atom. The van der Waals surface area contributed by atoms with E-state index in [1.165, 1.54) is 58.9 Å². The van der Waals surface area contributed by atoms with Gasteiger partial charge in [-0.25, -0.2) is 0 Å². The van der Waals surface area contributed by atoms with Crippen LogP contribution in [0, 0.1) is 0 Å². The van der Waals surface area contributed by atoms with Crippen molar-refractivity contribution >= 4 is 13.3 Å². The molecule has 0 N–H and O–H groups in total. The van der Waals surface area contributed by atoms with Gasteiger partial charge in [0.25, 0.3) is 0 Å². The first-order valence-electron chi connectivity index (χ1n) is 7.40. The molecule has 1 nitrogen and oxygen atoms in total. The summed E-state index contributed by atoms with van der Waals surface area (Å²) in [5.41, 5.74) is 0. The minimum atomic E-state index is -1.95. The Morgan fingerprint density at radius 2 is 1.24 bits per heavy atom. The molecule has 0 aromatic heterocycles. The normalized spacial score (nSPS) is 11.5. The van der Waals surface area contributed by atoms with E-state index in [2.05, 4.69) is 27.4 Å². The van der Waals surface area contributed by atoms with Gasteiger partial charge in [0, 0.05) is 0 Å². The van der Waals surface area contributed by atoms with E-state index in [1.54, 1.807) is 0 Å². The Balaban J connectivity index is 4.70. The van der Waals surface area contributed by atoms with Crippen LogP contribution in [0.2, 0.25) is 15.8 Å². The summed E-state index contributed by atoms with van der Waals surface area (Å²) in [6.45, 7) is 11.1. The number of hydrogen-bond donors (Lipinski definition) is 0. The van der Waals surface area contributed by atoms with Gasteiger partial charge in [0.1, 0.15) is 0 Å². The van der Waals surface area contributed by atoms with Crippen molar-refractivity contribution in [2.75, 3.05) is 7.11 Å². The summed E-state index contributed by atoms with van der Waals surface area (Å²) in [7, 11) is 1.83. The molecule has 0 aromatic rings.